The van der Waals surface area contributed by atoms with Crippen LogP contribution in [0.4, 0.5) is 8.78 Å². The molecule has 0 amide bonds. The highest BCUT2D eigenvalue weighted by Gasteiger charge is 2.69. The monoisotopic (exact) mass is 555 g/mol. The topological polar surface area (TPSA) is 175 Å². The predicted molar refractivity (Wildman–Crippen MR) is 138 cm³/mol. The van der Waals surface area contributed by atoms with Crippen molar-refractivity contribution in [1.29, 1.82) is 0 Å². The zero-order valence-corrected chi connectivity index (χ0v) is 21.5. The minimum absolute atomic E-state index is 0.134. The number of carbonyl (C=O) groups excluding carboxylic acids is 2. The number of nitrogens with two attached hydrogens (primary N) is 1. The van der Waals surface area contributed by atoms with Gasteiger partial charge in [-0.3, -0.25) is 9.59 Å². The first-order valence-electron chi connectivity index (χ1n) is 12.0. The van der Waals surface area contributed by atoms with Crippen molar-refractivity contribution in [3.05, 3.63) is 106 Å². The summed E-state index contributed by atoms with van der Waals surface area (Å²) in [5.74, 6) is -9.36. The lowest BCUT2D eigenvalue weighted by molar-refractivity contribution is -0.187. The average molecular weight is 556 g/mol. The number of hydrogen-bond acceptors (Lipinski definition) is 7. The summed E-state index contributed by atoms with van der Waals surface area (Å²) in [4.78, 5) is 49.1. The van der Waals surface area contributed by atoms with Crippen LogP contribution < -0.4 is 5.73 Å². The summed E-state index contributed by atoms with van der Waals surface area (Å²) in [7, 11) is 0. The molecule has 9 nitrogen and oxygen atoms in total. The minimum atomic E-state index is -3.96. The molecule has 4 rings (SSSR count). The summed E-state index contributed by atoms with van der Waals surface area (Å²) in [6, 6.07) is 14.4. The SMILES string of the molecule is Cc1ccc(C(=O)C(O)(C(=O)O)C(O)(C(=O)O)C(=O)c2ccc(C)cc2)cc1.N[C@@H]1C[C@H]1c1ccc(F)c(F)c1. The molecule has 0 aliphatic heterocycles. The lowest BCUT2D eigenvalue weighted by Gasteiger charge is -2.34. The van der Waals surface area contributed by atoms with Gasteiger partial charge in [-0.25, -0.2) is 18.4 Å². The second kappa shape index (κ2) is 11.4. The number of aliphatic hydroxyl groups is 2. The number of carbonyl (C=O) groups is 4. The molecule has 0 bridgehead atoms. The maximum atomic E-state index is 12.8. The molecule has 4 atom stereocenters. The third-order valence-corrected chi connectivity index (χ3v) is 6.64. The Balaban J connectivity index is 0.000000302. The molecule has 0 saturated heterocycles. The molecule has 1 saturated carbocycles. The van der Waals surface area contributed by atoms with Crippen LogP contribution in [-0.4, -0.2) is 61.2 Å². The van der Waals surface area contributed by atoms with Gasteiger partial charge in [0.05, 0.1) is 0 Å². The van der Waals surface area contributed by atoms with Crippen LogP contribution in [0, 0.1) is 25.5 Å². The van der Waals surface area contributed by atoms with E-state index in [1.54, 1.807) is 19.9 Å². The Hall–Kier alpha value is -4.32. The molecule has 0 heterocycles. The highest BCUT2D eigenvalue weighted by atomic mass is 19.2. The summed E-state index contributed by atoms with van der Waals surface area (Å²) < 4.78 is 25.2. The van der Waals surface area contributed by atoms with Crippen LogP contribution >= 0.6 is 0 Å². The molecule has 2 unspecified atom stereocenters. The smallest absolute Gasteiger partial charge is 0.348 e. The van der Waals surface area contributed by atoms with Gasteiger partial charge in [0.15, 0.2) is 11.6 Å². The molecule has 0 spiro atoms. The van der Waals surface area contributed by atoms with Gasteiger partial charge >= 0.3 is 11.9 Å². The zero-order valence-electron chi connectivity index (χ0n) is 21.5. The van der Waals surface area contributed by atoms with Crippen molar-refractivity contribution in [2.75, 3.05) is 0 Å². The van der Waals surface area contributed by atoms with Crippen molar-refractivity contribution in [3.63, 3.8) is 0 Å². The summed E-state index contributed by atoms with van der Waals surface area (Å²) in [6.45, 7) is 3.37. The molecule has 210 valence electrons. The van der Waals surface area contributed by atoms with Crippen LogP contribution in [0.25, 0.3) is 0 Å². The molecule has 6 N–H and O–H groups in total. The second-order valence-corrected chi connectivity index (χ2v) is 9.60. The first-order chi connectivity index (χ1) is 18.6. The van der Waals surface area contributed by atoms with Crippen LogP contribution in [0.5, 0.6) is 0 Å². The minimum Gasteiger partial charge on any atom is -0.479 e. The van der Waals surface area contributed by atoms with Crippen molar-refractivity contribution >= 4 is 23.5 Å². The van der Waals surface area contributed by atoms with Gasteiger partial charge in [0.2, 0.25) is 11.6 Å². The number of carboxylic acid groups (broad SMARTS) is 2. The quantitative estimate of drug-likeness (QED) is 0.207. The van der Waals surface area contributed by atoms with Gasteiger partial charge in [0.1, 0.15) is 0 Å². The van der Waals surface area contributed by atoms with E-state index in [0.717, 1.165) is 42.3 Å². The molecule has 3 aromatic carbocycles. The number of carboxylic acids is 2. The number of benzene rings is 3. The van der Waals surface area contributed by atoms with Crippen molar-refractivity contribution in [1.82, 2.24) is 0 Å². The third kappa shape index (κ3) is 5.67. The molecule has 40 heavy (non-hydrogen) atoms. The summed E-state index contributed by atoms with van der Waals surface area (Å²) in [5.41, 5.74) is -0.896. The number of halogens is 2. The molecular formula is C29H27F2NO8. The Labute approximate surface area is 227 Å². The van der Waals surface area contributed by atoms with Crippen LogP contribution in [-0.2, 0) is 9.59 Å². The molecule has 1 fully saturated rings. The van der Waals surface area contributed by atoms with Crippen LogP contribution in [0.2, 0.25) is 0 Å². The van der Waals surface area contributed by atoms with E-state index in [9.17, 15) is 48.4 Å². The summed E-state index contributed by atoms with van der Waals surface area (Å²) in [6.07, 6.45) is 0.880. The molecule has 11 heteroatoms. The molecular weight excluding hydrogens is 528 g/mol. The number of Topliss-reactive ketones (excluding diaryl/α,β-unsaturated/α-hetero) is 2. The predicted octanol–water partition coefficient (Wildman–Crippen LogP) is 2.78. The maximum Gasteiger partial charge on any atom is 0.348 e. The zero-order chi connectivity index (χ0) is 30.0. The van der Waals surface area contributed by atoms with E-state index in [0.29, 0.717) is 11.1 Å². The van der Waals surface area contributed by atoms with Crippen LogP contribution in [0.3, 0.4) is 0 Å². The number of rotatable bonds is 8. The van der Waals surface area contributed by atoms with E-state index >= 15 is 0 Å². The van der Waals surface area contributed by atoms with Gasteiger partial charge in [-0.2, -0.15) is 0 Å². The fourth-order valence-electron chi connectivity index (χ4n) is 4.00. The van der Waals surface area contributed by atoms with Gasteiger partial charge in [-0.05, 0) is 38.0 Å². The number of aliphatic carboxylic acids is 2. The van der Waals surface area contributed by atoms with E-state index < -0.39 is 46.3 Å². The maximum absolute atomic E-state index is 12.8. The number of hydrogen-bond donors (Lipinski definition) is 5. The first-order valence-corrected chi connectivity index (χ1v) is 12.0. The lowest BCUT2D eigenvalue weighted by Crippen LogP contribution is -2.71. The molecule has 1 aliphatic rings. The number of aryl methyl sites for hydroxylation is 2. The normalized spacial score (nSPS) is 18.8. The molecule has 0 radical (unpaired) electrons. The molecule has 0 aromatic heterocycles. The fraction of sp³-hybridized carbons (Fsp3) is 0.241. The Bertz CT molecular complexity index is 1380. The van der Waals surface area contributed by atoms with Crippen molar-refractivity contribution in [2.24, 2.45) is 5.73 Å². The van der Waals surface area contributed by atoms with Gasteiger partial charge in [-0.1, -0.05) is 65.7 Å². The molecule has 3 aromatic rings. The van der Waals surface area contributed by atoms with E-state index in [1.165, 1.54) is 30.3 Å². The summed E-state index contributed by atoms with van der Waals surface area (Å²) in [5, 5.41) is 40.3. The lowest BCUT2D eigenvalue weighted by atomic mass is 9.73. The number of ketones is 2. The first kappa shape index (κ1) is 30.2. The van der Waals surface area contributed by atoms with Crippen LogP contribution in [0.15, 0.2) is 66.7 Å². The summed E-state index contributed by atoms with van der Waals surface area (Å²) >= 11 is 0. The van der Waals surface area contributed by atoms with E-state index in [-0.39, 0.29) is 23.1 Å². The van der Waals surface area contributed by atoms with E-state index in [2.05, 4.69) is 0 Å². The van der Waals surface area contributed by atoms with E-state index in [4.69, 9.17) is 5.73 Å². The highest BCUT2D eigenvalue weighted by Crippen LogP contribution is 2.39. The molecule has 1 aliphatic carbocycles. The van der Waals surface area contributed by atoms with Gasteiger partial charge < -0.3 is 26.2 Å². The van der Waals surface area contributed by atoms with E-state index in [1.807, 2.05) is 0 Å². The van der Waals surface area contributed by atoms with Gasteiger partial charge in [0.25, 0.3) is 11.2 Å². The Kier molecular flexibility index (Phi) is 8.63. The highest BCUT2D eigenvalue weighted by molar-refractivity contribution is 6.28. The largest absolute Gasteiger partial charge is 0.479 e. The third-order valence-electron chi connectivity index (χ3n) is 6.64. The van der Waals surface area contributed by atoms with Gasteiger partial charge in [-0.15, -0.1) is 0 Å². The van der Waals surface area contributed by atoms with Crippen LogP contribution in [0.1, 0.15) is 49.7 Å². The fourth-order valence-corrected chi connectivity index (χ4v) is 4.00. The van der Waals surface area contributed by atoms with Crippen molar-refractivity contribution in [2.45, 2.75) is 43.4 Å². The Morgan fingerprint density at radius 1 is 0.725 bits per heavy atom. The average Bonchev–Trinajstić information content (AvgIpc) is 3.65. The van der Waals surface area contributed by atoms with Crippen molar-refractivity contribution < 1.29 is 48.4 Å². The Morgan fingerprint density at radius 2 is 1.10 bits per heavy atom. The van der Waals surface area contributed by atoms with Crippen molar-refractivity contribution in [3.8, 4) is 0 Å². The second-order valence-electron chi connectivity index (χ2n) is 9.60. The van der Waals surface area contributed by atoms with Gasteiger partial charge in [0, 0.05) is 23.1 Å². The Morgan fingerprint density at radius 3 is 1.40 bits per heavy atom. The standard InChI is InChI=1S/C20H18O8.C9H9F2N/c1-11-3-7-13(8-4-11)15(21)19(27,17(23)24)20(28,18(25)26)16(22)14-9-5-12(2)6-10-14;10-7-2-1-5(3-8(7)11)6-4-9(6)12/h3-10,27-28H,1-2H3,(H,23,24)(H,25,26);1-3,6,9H,4,12H2/t;6-,9+/m.0/s1.